The summed E-state index contributed by atoms with van der Waals surface area (Å²) in [4.78, 5) is 26.4. The van der Waals surface area contributed by atoms with Gasteiger partial charge in [0.15, 0.2) is 0 Å². The molecule has 0 atom stereocenters. The molecule has 2 amide bonds. The van der Waals surface area contributed by atoms with Crippen molar-refractivity contribution < 1.29 is 18.7 Å². The predicted molar refractivity (Wildman–Crippen MR) is 120 cm³/mol. The molecule has 0 saturated heterocycles. The number of para-hydroxylation sites is 3. The van der Waals surface area contributed by atoms with Crippen molar-refractivity contribution in [1.82, 2.24) is 0 Å². The average molecular weight is 421 g/mol. The molecule has 0 aliphatic rings. The number of nitrogens with one attached hydrogen (secondary N) is 2. The minimum absolute atomic E-state index is 0.195. The van der Waals surface area contributed by atoms with Gasteiger partial charge in [-0.25, -0.2) is 4.39 Å². The van der Waals surface area contributed by atoms with Crippen LogP contribution >= 0.6 is 0 Å². The summed E-state index contributed by atoms with van der Waals surface area (Å²) >= 11 is 0. The van der Waals surface area contributed by atoms with Crippen LogP contribution in [-0.4, -0.2) is 32.5 Å². The highest BCUT2D eigenvalue weighted by Gasteiger charge is 2.11. The highest BCUT2D eigenvalue weighted by molar-refractivity contribution is 6.05. The maximum absolute atomic E-state index is 13.8. The molecule has 0 unspecified atom stereocenters. The first kappa shape index (κ1) is 21.8. The summed E-state index contributed by atoms with van der Waals surface area (Å²) in [5, 5.41) is 5.59. The van der Waals surface area contributed by atoms with Crippen LogP contribution in [0.25, 0.3) is 0 Å². The maximum Gasteiger partial charge on any atom is 0.255 e. The zero-order valence-electron chi connectivity index (χ0n) is 17.4. The van der Waals surface area contributed by atoms with Crippen molar-refractivity contribution >= 4 is 28.9 Å². The van der Waals surface area contributed by atoms with E-state index in [1.54, 1.807) is 72.6 Å². The molecule has 0 heterocycles. The van der Waals surface area contributed by atoms with E-state index in [2.05, 4.69) is 10.6 Å². The van der Waals surface area contributed by atoms with E-state index in [1.165, 1.54) is 13.2 Å². The Hall–Kier alpha value is -3.87. The van der Waals surface area contributed by atoms with Crippen LogP contribution in [0.4, 0.5) is 21.5 Å². The van der Waals surface area contributed by atoms with Gasteiger partial charge in [0.05, 0.1) is 18.5 Å². The van der Waals surface area contributed by atoms with Crippen molar-refractivity contribution in [1.29, 1.82) is 0 Å². The first-order valence-corrected chi connectivity index (χ1v) is 9.78. The molecule has 3 aromatic carbocycles. The molecule has 0 aliphatic carbocycles. The second-order valence-electron chi connectivity index (χ2n) is 6.90. The molecule has 0 spiro atoms. The third-order valence-corrected chi connectivity index (χ3v) is 4.72. The summed E-state index contributed by atoms with van der Waals surface area (Å²) < 4.78 is 19.0. The molecule has 3 rings (SSSR count). The largest absolute Gasteiger partial charge is 0.495 e. The molecular formula is C24H24FN3O3. The van der Waals surface area contributed by atoms with Gasteiger partial charge in [-0.3, -0.25) is 9.59 Å². The van der Waals surface area contributed by atoms with Crippen LogP contribution in [0.5, 0.6) is 5.75 Å². The van der Waals surface area contributed by atoms with Crippen molar-refractivity contribution in [2.75, 3.05) is 36.2 Å². The molecule has 3 aromatic rings. The van der Waals surface area contributed by atoms with Gasteiger partial charge >= 0.3 is 0 Å². The SMILES string of the molecule is COc1ccccc1NC(=O)c1ccc(NC(=O)CCN(C)c2ccccc2F)cc1. The summed E-state index contributed by atoms with van der Waals surface area (Å²) in [6, 6.07) is 20.2. The fourth-order valence-corrected chi connectivity index (χ4v) is 3.02. The number of carbonyl (C=O) groups excluding carboxylic acids is 2. The van der Waals surface area contributed by atoms with Crippen LogP contribution in [-0.2, 0) is 4.79 Å². The van der Waals surface area contributed by atoms with Gasteiger partial charge < -0.3 is 20.3 Å². The number of methoxy groups -OCH3 is 1. The van der Waals surface area contributed by atoms with Crippen LogP contribution in [0.3, 0.4) is 0 Å². The lowest BCUT2D eigenvalue weighted by atomic mass is 10.2. The Labute approximate surface area is 180 Å². The van der Waals surface area contributed by atoms with Crippen LogP contribution in [0.2, 0.25) is 0 Å². The molecule has 0 saturated carbocycles. The Morgan fingerprint density at radius 3 is 2.32 bits per heavy atom. The number of benzene rings is 3. The molecule has 0 fully saturated rings. The lowest BCUT2D eigenvalue weighted by Crippen LogP contribution is -2.24. The summed E-state index contributed by atoms with van der Waals surface area (Å²) in [5.41, 5.74) is 2.04. The summed E-state index contributed by atoms with van der Waals surface area (Å²) in [6.07, 6.45) is 0.195. The predicted octanol–water partition coefficient (Wildman–Crippen LogP) is 4.55. The smallest absolute Gasteiger partial charge is 0.255 e. The number of hydrogen-bond donors (Lipinski definition) is 2. The van der Waals surface area contributed by atoms with Gasteiger partial charge in [-0.05, 0) is 48.5 Å². The van der Waals surface area contributed by atoms with E-state index in [0.29, 0.717) is 34.9 Å². The van der Waals surface area contributed by atoms with E-state index in [-0.39, 0.29) is 24.1 Å². The molecule has 0 radical (unpaired) electrons. The molecule has 7 heteroatoms. The quantitative estimate of drug-likeness (QED) is 0.560. The Bertz CT molecular complexity index is 1050. The number of carbonyl (C=O) groups is 2. The van der Waals surface area contributed by atoms with E-state index in [1.807, 2.05) is 6.07 Å². The lowest BCUT2D eigenvalue weighted by molar-refractivity contribution is -0.116. The molecule has 31 heavy (non-hydrogen) atoms. The molecular weight excluding hydrogens is 397 g/mol. The monoisotopic (exact) mass is 421 g/mol. The van der Waals surface area contributed by atoms with E-state index in [0.717, 1.165) is 0 Å². The number of ether oxygens (including phenoxy) is 1. The van der Waals surface area contributed by atoms with Crippen molar-refractivity contribution in [2.24, 2.45) is 0 Å². The molecule has 0 bridgehead atoms. The third-order valence-electron chi connectivity index (χ3n) is 4.72. The highest BCUT2D eigenvalue weighted by atomic mass is 19.1. The number of rotatable bonds is 8. The Balaban J connectivity index is 1.53. The number of nitrogens with zero attached hydrogens (tertiary/aromatic N) is 1. The second kappa shape index (κ2) is 10.2. The van der Waals surface area contributed by atoms with Gasteiger partial charge in [0.25, 0.3) is 5.91 Å². The van der Waals surface area contributed by atoms with Crippen LogP contribution < -0.4 is 20.3 Å². The fourth-order valence-electron chi connectivity index (χ4n) is 3.02. The molecule has 0 aromatic heterocycles. The molecule has 160 valence electrons. The average Bonchev–Trinajstić information content (AvgIpc) is 2.78. The second-order valence-corrected chi connectivity index (χ2v) is 6.90. The van der Waals surface area contributed by atoms with Crippen molar-refractivity contribution in [3.63, 3.8) is 0 Å². The molecule has 2 N–H and O–H groups in total. The molecule has 6 nitrogen and oxygen atoms in total. The number of hydrogen-bond acceptors (Lipinski definition) is 4. The van der Waals surface area contributed by atoms with E-state index in [9.17, 15) is 14.0 Å². The number of halogens is 1. The maximum atomic E-state index is 13.8. The highest BCUT2D eigenvalue weighted by Crippen LogP contribution is 2.24. The first-order chi connectivity index (χ1) is 15.0. The van der Waals surface area contributed by atoms with Gasteiger partial charge in [-0.1, -0.05) is 24.3 Å². The van der Waals surface area contributed by atoms with Crippen LogP contribution in [0, 0.1) is 5.82 Å². The van der Waals surface area contributed by atoms with E-state index < -0.39 is 0 Å². The van der Waals surface area contributed by atoms with E-state index >= 15 is 0 Å². The Kier molecular flexibility index (Phi) is 7.22. The van der Waals surface area contributed by atoms with Gasteiger partial charge in [0.1, 0.15) is 11.6 Å². The van der Waals surface area contributed by atoms with Crippen molar-refractivity contribution in [3.8, 4) is 5.75 Å². The van der Waals surface area contributed by atoms with Crippen LogP contribution in [0.15, 0.2) is 72.8 Å². The Morgan fingerprint density at radius 2 is 1.61 bits per heavy atom. The number of anilines is 3. The van der Waals surface area contributed by atoms with Gasteiger partial charge in [-0.15, -0.1) is 0 Å². The fraction of sp³-hybridized carbons (Fsp3) is 0.167. The topological polar surface area (TPSA) is 70.7 Å². The van der Waals surface area contributed by atoms with E-state index in [4.69, 9.17) is 4.74 Å². The van der Waals surface area contributed by atoms with Crippen molar-refractivity contribution in [3.05, 3.63) is 84.2 Å². The van der Waals surface area contributed by atoms with Gasteiger partial charge in [0, 0.05) is 31.3 Å². The third kappa shape index (κ3) is 5.82. The summed E-state index contributed by atoms with van der Waals surface area (Å²) in [7, 11) is 3.28. The summed E-state index contributed by atoms with van der Waals surface area (Å²) in [6.45, 7) is 0.367. The zero-order chi connectivity index (χ0) is 22.2. The van der Waals surface area contributed by atoms with Crippen LogP contribution in [0.1, 0.15) is 16.8 Å². The first-order valence-electron chi connectivity index (χ1n) is 9.78. The minimum Gasteiger partial charge on any atom is -0.495 e. The van der Waals surface area contributed by atoms with Gasteiger partial charge in [-0.2, -0.15) is 0 Å². The molecule has 0 aliphatic heterocycles. The van der Waals surface area contributed by atoms with Crippen molar-refractivity contribution in [2.45, 2.75) is 6.42 Å². The minimum atomic E-state index is -0.326. The Morgan fingerprint density at radius 1 is 0.935 bits per heavy atom. The van der Waals surface area contributed by atoms with Gasteiger partial charge in [0.2, 0.25) is 5.91 Å². The number of amides is 2. The lowest BCUT2D eigenvalue weighted by Gasteiger charge is -2.19. The summed E-state index contributed by atoms with van der Waals surface area (Å²) in [5.74, 6) is -0.240. The zero-order valence-corrected chi connectivity index (χ0v) is 17.4. The standard InChI is InChI=1S/C24H24FN3O3/c1-28(21-9-5-3-7-19(21)25)16-15-23(29)26-18-13-11-17(12-14-18)24(30)27-20-8-4-6-10-22(20)31-2/h3-14H,15-16H2,1-2H3,(H,26,29)(H,27,30). The normalized spacial score (nSPS) is 10.3.